The van der Waals surface area contributed by atoms with E-state index in [9.17, 15) is 4.79 Å². The number of benzene rings is 1. The van der Waals surface area contributed by atoms with Crippen LogP contribution in [0.4, 0.5) is 0 Å². The lowest BCUT2D eigenvalue weighted by molar-refractivity contribution is -0.107. The average Bonchev–Trinajstić information content (AvgIpc) is 2.79. The Morgan fingerprint density at radius 3 is 2.88 bits per heavy atom. The van der Waals surface area contributed by atoms with Crippen molar-refractivity contribution >= 4 is 6.29 Å². The van der Waals surface area contributed by atoms with Gasteiger partial charge >= 0.3 is 0 Å². The van der Waals surface area contributed by atoms with Crippen LogP contribution < -0.4 is 0 Å². The standard InChI is InChI=1S/C13H10N2O/c16-9-5-4-8-12-10-14-15-13(12)11-6-2-1-3-7-11/h1-3,6-7,9-10H,5H2,(H,14,15). The lowest BCUT2D eigenvalue weighted by atomic mass is 10.1. The zero-order chi connectivity index (χ0) is 11.2. The molecule has 0 aliphatic carbocycles. The molecule has 78 valence electrons. The number of carbonyl (C=O) groups excluding carboxylic acids is 1. The minimum absolute atomic E-state index is 0.249. The Morgan fingerprint density at radius 1 is 1.31 bits per heavy atom. The van der Waals surface area contributed by atoms with Gasteiger partial charge in [0.15, 0.2) is 0 Å². The van der Waals surface area contributed by atoms with Crippen LogP contribution in [0.15, 0.2) is 36.5 Å². The number of nitrogens with zero attached hydrogens (tertiary/aromatic N) is 1. The van der Waals surface area contributed by atoms with E-state index in [4.69, 9.17) is 0 Å². The molecule has 2 rings (SSSR count). The second-order valence-corrected chi connectivity index (χ2v) is 3.20. The minimum Gasteiger partial charge on any atom is -0.302 e. The molecule has 0 spiro atoms. The molecule has 0 bridgehead atoms. The quantitative estimate of drug-likeness (QED) is 0.608. The number of aromatic nitrogens is 2. The molecule has 0 amide bonds. The van der Waals surface area contributed by atoms with E-state index in [-0.39, 0.29) is 6.42 Å². The van der Waals surface area contributed by atoms with Gasteiger partial charge in [-0.25, -0.2) is 0 Å². The molecule has 16 heavy (non-hydrogen) atoms. The maximum Gasteiger partial charge on any atom is 0.131 e. The van der Waals surface area contributed by atoms with Gasteiger partial charge in [-0.05, 0) is 0 Å². The molecule has 0 aliphatic heterocycles. The van der Waals surface area contributed by atoms with Crippen LogP contribution in [0.25, 0.3) is 11.3 Å². The summed E-state index contributed by atoms with van der Waals surface area (Å²) in [5.74, 6) is 5.69. The Hall–Kier alpha value is -2.34. The Bertz CT molecular complexity index is 532. The molecule has 3 heteroatoms. The predicted molar refractivity (Wildman–Crippen MR) is 61.6 cm³/mol. The average molecular weight is 210 g/mol. The van der Waals surface area contributed by atoms with Crippen LogP contribution in [0.1, 0.15) is 12.0 Å². The van der Waals surface area contributed by atoms with Crippen molar-refractivity contribution in [1.82, 2.24) is 10.2 Å². The summed E-state index contributed by atoms with van der Waals surface area (Å²) in [4.78, 5) is 10.2. The number of aromatic amines is 1. The molecule has 0 radical (unpaired) electrons. The molecule has 2 aromatic rings. The first-order valence-electron chi connectivity index (χ1n) is 4.93. The summed E-state index contributed by atoms with van der Waals surface area (Å²) < 4.78 is 0. The van der Waals surface area contributed by atoms with Crippen LogP contribution in [-0.2, 0) is 4.79 Å². The summed E-state index contributed by atoms with van der Waals surface area (Å²) in [5.41, 5.74) is 2.74. The maximum absolute atomic E-state index is 10.2. The van der Waals surface area contributed by atoms with Gasteiger partial charge in [0.05, 0.1) is 23.9 Å². The molecule has 3 nitrogen and oxygen atoms in total. The first kappa shape index (κ1) is 10.2. The fourth-order valence-electron chi connectivity index (χ4n) is 1.39. The van der Waals surface area contributed by atoms with Crippen LogP contribution >= 0.6 is 0 Å². The van der Waals surface area contributed by atoms with Crippen LogP contribution in [0.5, 0.6) is 0 Å². The van der Waals surface area contributed by atoms with Crippen molar-refractivity contribution in [3.8, 4) is 23.1 Å². The fraction of sp³-hybridized carbons (Fsp3) is 0.0769. The molecule has 1 N–H and O–H groups in total. The number of aldehydes is 1. The Kier molecular flexibility index (Phi) is 3.15. The molecule has 1 aromatic carbocycles. The van der Waals surface area contributed by atoms with E-state index in [0.717, 1.165) is 23.1 Å². The molecular weight excluding hydrogens is 200 g/mol. The SMILES string of the molecule is O=CCC#Cc1cn[nH]c1-c1ccccc1. The summed E-state index contributed by atoms with van der Waals surface area (Å²) in [6.45, 7) is 0. The maximum atomic E-state index is 10.2. The first-order valence-corrected chi connectivity index (χ1v) is 4.93. The van der Waals surface area contributed by atoms with Crippen LogP contribution in [0.2, 0.25) is 0 Å². The summed E-state index contributed by atoms with van der Waals surface area (Å²) >= 11 is 0. The fourth-order valence-corrected chi connectivity index (χ4v) is 1.39. The number of rotatable bonds is 2. The Morgan fingerprint density at radius 2 is 2.12 bits per heavy atom. The third-order valence-corrected chi connectivity index (χ3v) is 2.11. The normalized spacial score (nSPS) is 9.25. The van der Waals surface area contributed by atoms with E-state index in [2.05, 4.69) is 22.0 Å². The van der Waals surface area contributed by atoms with E-state index >= 15 is 0 Å². The van der Waals surface area contributed by atoms with Gasteiger partial charge in [-0.3, -0.25) is 5.10 Å². The lowest BCUT2D eigenvalue weighted by Gasteiger charge is -1.96. The van der Waals surface area contributed by atoms with Crippen molar-refractivity contribution in [3.05, 3.63) is 42.1 Å². The minimum atomic E-state index is 0.249. The third-order valence-electron chi connectivity index (χ3n) is 2.11. The molecule has 1 aromatic heterocycles. The number of H-pyrrole nitrogens is 1. The highest BCUT2D eigenvalue weighted by Crippen LogP contribution is 2.19. The molecule has 0 unspecified atom stereocenters. The second kappa shape index (κ2) is 4.94. The Labute approximate surface area is 93.5 Å². The highest BCUT2D eigenvalue weighted by atomic mass is 16.1. The van der Waals surface area contributed by atoms with Crippen molar-refractivity contribution in [2.75, 3.05) is 0 Å². The summed E-state index contributed by atoms with van der Waals surface area (Å²) in [6, 6.07) is 9.84. The molecule has 0 fully saturated rings. The first-order chi connectivity index (χ1) is 7.92. The van der Waals surface area contributed by atoms with E-state index in [1.54, 1.807) is 6.20 Å². The molecule has 0 saturated carbocycles. The summed E-state index contributed by atoms with van der Waals surface area (Å²) in [7, 11) is 0. The van der Waals surface area contributed by atoms with Gasteiger partial charge in [0, 0.05) is 5.56 Å². The Balaban J connectivity index is 2.34. The summed E-state index contributed by atoms with van der Waals surface area (Å²) in [5, 5.41) is 6.87. The highest BCUT2D eigenvalue weighted by molar-refractivity contribution is 5.67. The van der Waals surface area contributed by atoms with Gasteiger partial charge in [0.25, 0.3) is 0 Å². The number of hydrogen-bond donors (Lipinski definition) is 1. The largest absolute Gasteiger partial charge is 0.302 e. The van der Waals surface area contributed by atoms with Gasteiger partial charge in [-0.2, -0.15) is 5.10 Å². The van der Waals surface area contributed by atoms with Crippen molar-refractivity contribution in [3.63, 3.8) is 0 Å². The molecule has 1 heterocycles. The van der Waals surface area contributed by atoms with Gasteiger partial charge in [-0.15, -0.1) is 0 Å². The van der Waals surface area contributed by atoms with Crippen molar-refractivity contribution < 1.29 is 4.79 Å². The van der Waals surface area contributed by atoms with Gasteiger partial charge in [-0.1, -0.05) is 42.2 Å². The molecule has 0 atom stereocenters. The van der Waals surface area contributed by atoms with Crippen LogP contribution in [-0.4, -0.2) is 16.5 Å². The predicted octanol–water partition coefficient (Wildman–Crippen LogP) is 2.02. The molecular formula is C13H10N2O. The smallest absolute Gasteiger partial charge is 0.131 e. The van der Waals surface area contributed by atoms with E-state index in [1.807, 2.05) is 30.3 Å². The zero-order valence-corrected chi connectivity index (χ0v) is 8.60. The van der Waals surface area contributed by atoms with Gasteiger partial charge in [0.2, 0.25) is 0 Å². The van der Waals surface area contributed by atoms with E-state index in [1.165, 1.54) is 0 Å². The van der Waals surface area contributed by atoms with Crippen LogP contribution in [0.3, 0.4) is 0 Å². The second-order valence-electron chi connectivity index (χ2n) is 3.20. The van der Waals surface area contributed by atoms with E-state index < -0.39 is 0 Å². The lowest BCUT2D eigenvalue weighted by Crippen LogP contribution is -1.81. The van der Waals surface area contributed by atoms with Crippen molar-refractivity contribution in [2.24, 2.45) is 0 Å². The van der Waals surface area contributed by atoms with Crippen LogP contribution in [0, 0.1) is 11.8 Å². The number of carbonyl (C=O) groups is 1. The number of hydrogen-bond acceptors (Lipinski definition) is 2. The summed E-state index contributed by atoms with van der Waals surface area (Å²) in [6.07, 6.45) is 2.70. The topological polar surface area (TPSA) is 45.8 Å². The third kappa shape index (κ3) is 2.18. The molecule has 0 aliphatic rings. The van der Waals surface area contributed by atoms with Crippen molar-refractivity contribution in [1.29, 1.82) is 0 Å². The van der Waals surface area contributed by atoms with Crippen molar-refractivity contribution in [2.45, 2.75) is 6.42 Å². The van der Waals surface area contributed by atoms with Gasteiger partial charge < -0.3 is 4.79 Å². The van der Waals surface area contributed by atoms with E-state index in [0.29, 0.717) is 0 Å². The highest BCUT2D eigenvalue weighted by Gasteiger charge is 2.03. The van der Waals surface area contributed by atoms with Gasteiger partial charge in [0.1, 0.15) is 6.29 Å². The number of nitrogens with one attached hydrogen (secondary N) is 1. The molecule has 0 saturated heterocycles. The zero-order valence-electron chi connectivity index (χ0n) is 8.60. The monoisotopic (exact) mass is 210 g/mol.